The highest BCUT2D eigenvalue weighted by atomic mass is 35.5. The summed E-state index contributed by atoms with van der Waals surface area (Å²) in [4.78, 5) is 12.9. The van der Waals surface area contributed by atoms with Crippen LogP contribution in [-0.2, 0) is 0 Å². The van der Waals surface area contributed by atoms with Gasteiger partial charge in [-0.15, -0.1) is 5.10 Å². The van der Waals surface area contributed by atoms with Gasteiger partial charge in [0.2, 0.25) is 11.6 Å². The van der Waals surface area contributed by atoms with Gasteiger partial charge in [-0.2, -0.15) is 9.78 Å². The fourth-order valence-electron chi connectivity index (χ4n) is 2.89. The molecule has 0 atom stereocenters. The molecule has 13 heteroatoms. The van der Waals surface area contributed by atoms with E-state index in [0.29, 0.717) is 39.2 Å². The fraction of sp³-hybridized carbons (Fsp3) is 0.100. The minimum atomic E-state index is -0.621. The van der Waals surface area contributed by atoms with Crippen molar-refractivity contribution in [1.29, 1.82) is 0 Å². The number of nitrogens with zero attached hydrogens (tertiary/aromatic N) is 6. The molecule has 2 aromatic heterocycles. The molecule has 2 aromatic carbocycles. The van der Waals surface area contributed by atoms with Crippen LogP contribution in [0.4, 0.5) is 5.82 Å². The minimum Gasteiger partial charge on any atom is -0.494 e. The lowest BCUT2D eigenvalue weighted by molar-refractivity contribution is 0.0950. The van der Waals surface area contributed by atoms with E-state index in [0.717, 1.165) is 0 Å². The standard InChI is InChI=1S/C20H16Cl2N8O3/c1-2-32-13-5-3-4-12(9-13)17-16(25-29-30(17)19-18(23)27-33-28-19)20(31)26-24-10-11-6-7-14(21)15(22)8-11/h3-10H,2H2,1H3,(H2,23,27)(H,26,31). The molecule has 0 bridgehead atoms. The van der Waals surface area contributed by atoms with E-state index < -0.39 is 5.91 Å². The normalized spacial score (nSPS) is 11.1. The van der Waals surface area contributed by atoms with Crippen molar-refractivity contribution in [2.24, 2.45) is 5.10 Å². The molecule has 2 heterocycles. The van der Waals surface area contributed by atoms with E-state index >= 15 is 0 Å². The number of ether oxygens (including phenoxy) is 1. The van der Waals surface area contributed by atoms with Crippen molar-refractivity contribution < 1.29 is 14.2 Å². The number of anilines is 1. The highest BCUT2D eigenvalue weighted by molar-refractivity contribution is 6.42. The van der Waals surface area contributed by atoms with Crippen LogP contribution in [0.15, 0.2) is 52.2 Å². The van der Waals surface area contributed by atoms with Gasteiger partial charge >= 0.3 is 0 Å². The van der Waals surface area contributed by atoms with Crippen molar-refractivity contribution in [2.45, 2.75) is 6.92 Å². The number of nitrogens with two attached hydrogens (primary N) is 1. The Kier molecular flexibility index (Phi) is 6.52. The summed E-state index contributed by atoms with van der Waals surface area (Å²) in [6, 6.07) is 12.0. The van der Waals surface area contributed by atoms with Crippen LogP contribution in [0, 0.1) is 0 Å². The van der Waals surface area contributed by atoms with Gasteiger partial charge in [-0.05, 0) is 47.1 Å². The van der Waals surface area contributed by atoms with E-state index in [1.54, 1.807) is 42.5 Å². The van der Waals surface area contributed by atoms with Crippen molar-refractivity contribution in [3.63, 3.8) is 0 Å². The van der Waals surface area contributed by atoms with Gasteiger partial charge in [-0.3, -0.25) is 4.79 Å². The van der Waals surface area contributed by atoms with Crippen LogP contribution in [0.3, 0.4) is 0 Å². The fourth-order valence-corrected chi connectivity index (χ4v) is 3.20. The molecule has 0 aliphatic carbocycles. The molecule has 4 rings (SSSR count). The quantitative estimate of drug-likeness (QED) is 0.298. The van der Waals surface area contributed by atoms with E-state index in [1.165, 1.54) is 10.9 Å². The summed E-state index contributed by atoms with van der Waals surface area (Å²) in [5, 5.41) is 20.1. The SMILES string of the molecule is CCOc1cccc(-c2c(C(=O)NN=Cc3ccc(Cl)c(Cl)c3)nnn2-c2nonc2N)c1. The van der Waals surface area contributed by atoms with E-state index in [4.69, 9.17) is 33.7 Å². The molecule has 0 spiro atoms. The van der Waals surface area contributed by atoms with Crippen molar-refractivity contribution in [1.82, 2.24) is 30.7 Å². The number of nitrogens with one attached hydrogen (secondary N) is 1. The smallest absolute Gasteiger partial charge is 0.294 e. The topological polar surface area (TPSA) is 146 Å². The molecule has 0 saturated carbocycles. The first kappa shape index (κ1) is 22.2. The summed E-state index contributed by atoms with van der Waals surface area (Å²) in [6.45, 7) is 2.34. The van der Waals surface area contributed by atoms with Crippen molar-refractivity contribution >= 4 is 41.1 Å². The van der Waals surface area contributed by atoms with Gasteiger partial charge in [-0.25, -0.2) is 10.1 Å². The molecule has 168 valence electrons. The Morgan fingerprint density at radius 1 is 1.24 bits per heavy atom. The van der Waals surface area contributed by atoms with Crippen LogP contribution in [-0.4, -0.2) is 44.0 Å². The molecule has 1 amide bonds. The summed E-state index contributed by atoms with van der Waals surface area (Å²) in [5.41, 5.74) is 9.72. The third-order valence-electron chi connectivity index (χ3n) is 4.32. The zero-order chi connectivity index (χ0) is 23.4. The largest absolute Gasteiger partial charge is 0.494 e. The van der Waals surface area contributed by atoms with E-state index in [1.807, 2.05) is 6.92 Å². The number of amides is 1. The van der Waals surface area contributed by atoms with Crippen molar-refractivity contribution in [2.75, 3.05) is 12.3 Å². The monoisotopic (exact) mass is 486 g/mol. The summed E-state index contributed by atoms with van der Waals surface area (Å²) in [6.07, 6.45) is 1.42. The van der Waals surface area contributed by atoms with Crippen molar-refractivity contribution in [3.8, 4) is 22.8 Å². The highest BCUT2D eigenvalue weighted by Gasteiger charge is 2.25. The highest BCUT2D eigenvalue weighted by Crippen LogP contribution is 2.29. The maximum absolute atomic E-state index is 12.9. The number of hydrazone groups is 1. The molecule has 0 radical (unpaired) electrons. The number of halogens is 2. The second-order valence-electron chi connectivity index (χ2n) is 6.51. The van der Waals surface area contributed by atoms with Crippen LogP contribution in [0.5, 0.6) is 5.75 Å². The predicted molar refractivity (Wildman–Crippen MR) is 122 cm³/mol. The van der Waals surface area contributed by atoms with Crippen LogP contribution in [0.1, 0.15) is 23.0 Å². The Bertz CT molecular complexity index is 1330. The van der Waals surface area contributed by atoms with Gasteiger partial charge < -0.3 is 10.5 Å². The predicted octanol–water partition coefficient (Wildman–Crippen LogP) is 3.37. The second-order valence-corrected chi connectivity index (χ2v) is 7.32. The zero-order valence-corrected chi connectivity index (χ0v) is 18.6. The first-order valence-corrected chi connectivity index (χ1v) is 10.3. The maximum Gasteiger partial charge on any atom is 0.294 e. The van der Waals surface area contributed by atoms with Gasteiger partial charge in [0.25, 0.3) is 5.91 Å². The van der Waals surface area contributed by atoms with E-state index in [9.17, 15) is 4.79 Å². The summed E-state index contributed by atoms with van der Waals surface area (Å²) >= 11 is 11.9. The molecule has 3 N–H and O–H groups in total. The van der Waals surface area contributed by atoms with Gasteiger partial charge in [0.05, 0.1) is 22.9 Å². The van der Waals surface area contributed by atoms with Gasteiger partial charge in [0, 0.05) is 5.56 Å². The molecular weight excluding hydrogens is 471 g/mol. The van der Waals surface area contributed by atoms with Crippen LogP contribution in [0.25, 0.3) is 17.1 Å². The number of carbonyl (C=O) groups is 1. The Morgan fingerprint density at radius 2 is 2.09 bits per heavy atom. The number of nitrogen functional groups attached to an aromatic ring is 1. The summed E-state index contributed by atoms with van der Waals surface area (Å²) in [5.74, 6) is 0.0340. The molecular formula is C20H16Cl2N8O3. The molecule has 11 nitrogen and oxygen atoms in total. The second kappa shape index (κ2) is 9.67. The van der Waals surface area contributed by atoms with Gasteiger partial charge in [0.1, 0.15) is 11.4 Å². The first-order valence-electron chi connectivity index (χ1n) is 9.53. The average Bonchev–Trinajstić information content (AvgIpc) is 3.42. The number of hydrogen-bond donors (Lipinski definition) is 2. The average molecular weight is 487 g/mol. The molecule has 0 unspecified atom stereocenters. The molecule has 4 aromatic rings. The molecule has 0 aliphatic heterocycles. The number of rotatable bonds is 7. The zero-order valence-electron chi connectivity index (χ0n) is 17.1. The third kappa shape index (κ3) is 4.78. The van der Waals surface area contributed by atoms with Crippen LogP contribution >= 0.6 is 23.2 Å². The Hall–Kier alpha value is -3.96. The van der Waals surface area contributed by atoms with Crippen LogP contribution in [0.2, 0.25) is 10.0 Å². The third-order valence-corrected chi connectivity index (χ3v) is 5.06. The lowest BCUT2D eigenvalue weighted by atomic mass is 10.1. The van der Waals surface area contributed by atoms with Crippen molar-refractivity contribution in [3.05, 3.63) is 63.8 Å². The van der Waals surface area contributed by atoms with Gasteiger partial charge in [-0.1, -0.05) is 46.6 Å². The number of aromatic nitrogens is 5. The minimum absolute atomic E-state index is 0.0216. The molecule has 33 heavy (non-hydrogen) atoms. The lowest BCUT2D eigenvalue weighted by Gasteiger charge is -2.08. The Labute approximate surface area is 197 Å². The molecule has 0 fully saturated rings. The first-order chi connectivity index (χ1) is 16.0. The summed E-state index contributed by atoms with van der Waals surface area (Å²) < 4.78 is 11.5. The lowest BCUT2D eigenvalue weighted by Crippen LogP contribution is -2.19. The van der Waals surface area contributed by atoms with E-state index in [2.05, 4.69) is 35.8 Å². The Morgan fingerprint density at radius 3 is 2.82 bits per heavy atom. The Balaban J connectivity index is 1.69. The molecule has 0 aliphatic rings. The van der Waals surface area contributed by atoms with Crippen LogP contribution < -0.4 is 15.9 Å². The van der Waals surface area contributed by atoms with E-state index in [-0.39, 0.29) is 17.3 Å². The number of carbonyl (C=O) groups excluding carboxylic acids is 1. The van der Waals surface area contributed by atoms with Gasteiger partial charge in [0.15, 0.2) is 5.69 Å². The molecule has 0 saturated heterocycles. The number of hydrogen-bond acceptors (Lipinski definition) is 9. The summed E-state index contributed by atoms with van der Waals surface area (Å²) in [7, 11) is 0. The number of benzene rings is 2. The maximum atomic E-state index is 12.9.